The number of rotatable bonds is 4. The summed E-state index contributed by atoms with van der Waals surface area (Å²) in [5.74, 6) is -0.706. The highest BCUT2D eigenvalue weighted by molar-refractivity contribution is 7.99. The molecule has 4 unspecified atom stereocenters. The van der Waals surface area contributed by atoms with Crippen LogP contribution in [0.4, 0.5) is 0 Å². The van der Waals surface area contributed by atoms with Crippen LogP contribution in [0.1, 0.15) is 20.8 Å². The van der Waals surface area contributed by atoms with E-state index in [1.165, 1.54) is 16.7 Å². The van der Waals surface area contributed by atoms with Crippen LogP contribution in [0.3, 0.4) is 0 Å². The zero-order chi connectivity index (χ0) is 12.5. The molecule has 0 aliphatic carbocycles. The van der Waals surface area contributed by atoms with Gasteiger partial charge in [0, 0.05) is 17.1 Å². The van der Waals surface area contributed by atoms with Crippen molar-refractivity contribution >= 4 is 23.6 Å². The molecule has 1 heterocycles. The van der Waals surface area contributed by atoms with E-state index in [0.29, 0.717) is 0 Å². The number of amides is 2. The summed E-state index contributed by atoms with van der Waals surface area (Å²) in [6.07, 6.45) is 1.87. The molecule has 4 atom stereocenters. The minimum absolute atomic E-state index is 0.0256. The third kappa shape index (κ3) is 2.11. The molecule has 0 saturated carbocycles. The standard InChI is InChI=1S/C11H19NO3S/c1-6-7(2)11(15)12(10(6)14)8(3)9(5-13)16-4/h6-9,13H,5H2,1-4H3. The predicted octanol–water partition coefficient (Wildman–Crippen LogP) is 0.740. The van der Waals surface area contributed by atoms with Crippen LogP contribution in [0, 0.1) is 11.8 Å². The second-order valence-electron chi connectivity index (χ2n) is 4.32. The Bertz CT molecular complexity index is 271. The van der Waals surface area contributed by atoms with Crippen LogP contribution >= 0.6 is 11.8 Å². The summed E-state index contributed by atoms with van der Waals surface area (Å²) in [7, 11) is 0. The van der Waals surface area contributed by atoms with E-state index in [0.717, 1.165) is 0 Å². The number of carbonyl (C=O) groups is 2. The van der Waals surface area contributed by atoms with Crippen molar-refractivity contribution in [2.24, 2.45) is 11.8 Å². The average Bonchev–Trinajstić information content (AvgIpc) is 2.45. The minimum atomic E-state index is -0.243. The molecular weight excluding hydrogens is 226 g/mol. The molecule has 0 radical (unpaired) electrons. The lowest BCUT2D eigenvalue weighted by Crippen LogP contribution is -2.45. The number of aliphatic hydroxyl groups excluding tert-OH is 1. The molecule has 0 spiro atoms. The fourth-order valence-corrected chi connectivity index (χ4v) is 2.63. The molecular formula is C11H19NO3S. The molecule has 1 fully saturated rings. The van der Waals surface area contributed by atoms with E-state index in [1.54, 1.807) is 13.8 Å². The number of hydrogen-bond acceptors (Lipinski definition) is 4. The van der Waals surface area contributed by atoms with Gasteiger partial charge in [-0.15, -0.1) is 0 Å². The largest absolute Gasteiger partial charge is 0.395 e. The van der Waals surface area contributed by atoms with Gasteiger partial charge in [-0.3, -0.25) is 14.5 Å². The number of likely N-dealkylation sites (tertiary alicyclic amines) is 1. The number of thioether (sulfide) groups is 1. The Morgan fingerprint density at radius 3 is 2.06 bits per heavy atom. The molecule has 1 aliphatic heterocycles. The molecule has 0 aromatic rings. The van der Waals surface area contributed by atoms with Gasteiger partial charge in [-0.05, 0) is 13.2 Å². The van der Waals surface area contributed by atoms with Crippen LogP contribution in [-0.2, 0) is 9.59 Å². The monoisotopic (exact) mass is 245 g/mol. The van der Waals surface area contributed by atoms with Crippen molar-refractivity contribution in [1.29, 1.82) is 0 Å². The minimum Gasteiger partial charge on any atom is -0.395 e. The smallest absolute Gasteiger partial charge is 0.233 e. The Kier molecular flexibility index (Phi) is 4.38. The van der Waals surface area contributed by atoms with Crippen LogP contribution in [0.2, 0.25) is 0 Å². The first kappa shape index (κ1) is 13.5. The molecule has 1 saturated heterocycles. The van der Waals surface area contributed by atoms with Crippen molar-refractivity contribution < 1.29 is 14.7 Å². The molecule has 92 valence electrons. The number of nitrogens with zero attached hydrogens (tertiary/aromatic N) is 1. The lowest BCUT2D eigenvalue weighted by molar-refractivity contribution is -0.142. The zero-order valence-corrected chi connectivity index (χ0v) is 11.0. The van der Waals surface area contributed by atoms with Crippen molar-refractivity contribution in [3.05, 3.63) is 0 Å². The maximum absolute atomic E-state index is 11.9. The number of hydrogen-bond donors (Lipinski definition) is 1. The summed E-state index contributed by atoms with van der Waals surface area (Å²) in [5.41, 5.74) is 0. The fourth-order valence-electron chi connectivity index (χ4n) is 1.97. The molecule has 1 aliphatic rings. The van der Waals surface area contributed by atoms with Gasteiger partial charge < -0.3 is 5.11 Å². The predicted molar refractivity (Wildman–Crippen MR) is 64.0 cm³/mol. The molecule has 4 nitrogen and oxygen atoms in total. The zero-order valence-electron chi connectivity index (χ0n) is 10.1. The summed E-state index contributed by atoms with van der Waals surface area (Å²) < 4.78 is 0. The number of aliphatic hydroxyl groups is 1. The summed E-state index contributed by atoms with van der Waals surface area (Å²) >= 11 is 1.48. The lowest BCUT2D eigenvalue weighted by atomic mass is 10.00. The van der Waals surface area contributed by atoms with Gasteiger partial charge in [0.2, 0.25) is 11.8 Å². The van der Waals surface area contributed by atoms with Crippen LogP contribution in [0.5, 0.6) is 0 Å². The highest BCUT2D eigenvalue weighted by Crippen LogP contribution is 2.29. The quantitative estimate of drug-likeness (QED) is 0.742. The fraction of sp³-hybridized carbons (Fsp3) is 0.818. The van der Waals surface area contributed by atoms with Gasteiger partial charge in [-0.1, -0.05) is 13.8 Å². The van der Waals surface area contributed by atoms with Crippen molar-refractivity contribution in [3.63, 3.8) is 0 Å². The first-order chi connectivity index (χ1) is 7.45. The van der Waals surface area contributed by atoms with E-state index in [1.807, 2.05) is 13.2 Å². The van der Waals surface area contributed by atoms with E-state index in [-0.39, 0.29) is 41.5 Å². The van der Waals surface area contributed by atoms with Gasteiger partial charge in [-0.2, -0.15) is 11.8 Å². The average molecular weight is 245 g/mol. The molecule has 0 aromatic heterocycles. The van der Waals surface area contributed by atoms with Crippen molar-refractivity contribution in [2.45, 2.75) is 32.1 Å². The number of imide groups is 1. The molecule has 16 heavy (non-hydrogen) atoms. The Hall–Kier alpha value is -0.550. The number of carbonyl (C=O) groups excluding carboxylic acids is 2. The molecule has 0 aromatic carbocycles. The highest BCUT2D eigenvalue weighted by Gasteiger charge is 2.45. The van der Waals surface area contributed by atoms with Crippen LogP contribution < -0.4 is 0 Å². The van der Waals surface area contributed by atoms with Gasteiger partial charge in [-0.25, -0.2) is 0 Å². The van der Waals surface area contributed by atoms with Crippen molar-refractivity contribution in [3.8, 4) is 0 Å². The van der Waals surface area contributed by atoms with Crippen LogP contribution in [0.15, 0.2) is 0 Å². The second kappa shape index (κ2) is 5.19. The summed E-state index contributed by atoms with van der Waals surface area (Å²) in [4.78, 5) is 25.2. The summed E-state index contributed by atoms with van der Waals surface area (Å²) in [6, 6.07) is -0.243. The van der Waals surface area contributed by atoms with Gasteiger partial charge >= 0.3 is 0 Å². The lowest BCUT2D eigenvalue weighted by Gasteiger charge is -2.28. The first-order valence-electron chi connectivity index (χ1n) is 5.46. The molecule has 1 N–H and O–H groups in total. The molecule has 0 bridgehead atoms. The third-order valence-corrected chi connectivity index (χ3v) is 4.58. The summed E-state index contributed by atoms with van der Waals surface area (Å²) in [6.45, 7) is 5.36. The van der Waals surface area contributed by atoms with E-state index >= 15 is 0 Å². The van der Waals surface area contributed by atoms with Gasteiger partial charge in [0.25, 0.3) is 0 Å². The molecule has 5 heteroatoms. The van der Waals surface area contributed by atoms with Gasteiger partial charge in [0.1, 0.15) is 0 Å². The third-order valence-electron chi connectivity index (χ3n) is 3.43. The summed E-state index contributed by atoms with van der Waals surface area (Å²) in [5, 5.41) is 9.08. The maximum Gasteiger partial charge on any atom is 0.233 e. The Balaban J connectivity index is 2.88. The van der Waals surface area contributed by atoms with E-state index < -0.39 is 0 Å². The Morgan fingerprint density at radius 1 is 1.31 bits per heavy atom. The second-order valence-corrected chi connectivity index (χ2v) is 5.40. The van der Waals surface area contributed by atoms with Crippen molar-refractivity contribution in [2.75, 3.05) is 12.9 Å². The van der Waals surface area contributed by atoms with Crippen molar-refractivity contribution in [1.82, 2.24) is 4.90 Å². The highest BCUT2D eigenvalue weighted by atomic mass is 32.2. The molecule has 2 amide bonds. The van der Waals surface area contributed by atoms with Crippen LogP contribution in [0.25, 0.3) is 0 Å². The van der Waals surface area contributed by atoms with E-state index in [2.05, 4.69) is 0 Å². The topological polar surface area (TPSA) is 57.6 Å². The first-order valence-corrected chi connectivity index (χ1v) is 6.75. The normalized spacial score (nSPS) is 29.7. The van der Waals surface area contributed by atoms with E-state index in [9.17, 15) is 14.7 Å². The van der Waals surface area contributed by atoms with Gasteiger partial charge in [0.05, 0.1) is 12.6 Å². The SMILES string of the molecule is CSC(CO)C(C)N1C(=O)C(C)C(C)C1=O. The van der Waals surface area contributed by atoms with Gasteiger partial charge in [0.15, 0.2) is 0 Å². The Morgan fingerprint density at radius 2 is 1.75 bits per heavy atom. The van der Waals surface area contributed by atoms with Crippen LogP contribution in [-0.4, -0.2) is 46.0 Å². The Labute approximate surface area is 100 Å². The maximum atomic E-state index is 11.9. The van der Waals surface area contributed by atoms with E-state index in [4.69, 9.17) is 0 Å². The molecule has 1 rings (SSSR count).